The van der Waals surface area contributed by atoms with Crippen molar-refractivity contribution >= 4 is 17.5 Å². The van der Waals surface area contributed by atoms with Crippen LogP contribution in [0.25, 0.3) is 0 Å². The Morgan fingerprint density at radius 3 is 2.68 bits per heavy atom. The quantitative estimate of drug-likeness (QED) is 0.775. The number of nitrogens with zero attached hydrogens (tertiary/aromatic N) is 2. The Morgan fingerprint density at radius 1 is 1.26 bits per heavy atom. The molecule has 0 N–H and O–H groups in total. The van der Waals surface area contributed by atoms with E-state index in [1.807, 2.05) is 16.5 Å². The van der Waals surface area contributed by atoms with Crippen molar-refractivity contribution < 1.29 is 4.79 Å². The first-order chi connectivity index (χ1) is 9.15. The summed E-state index contributed by atoms with van der Waals surface area (Å²) < 4.78 is 1.83. The summed E-state index contributed by atoms with van der Waals surface area (Å²) in [5.41, 5.74) is 0.708. The fourth-order valence-corrected chi connectivity index (χ4v) is 3.93. The highest BCUT2D eigenvalue weighted by Crippen LogP contribution is 2.36. The Kier molecular flexibility index (Phi) is 3.57. The van der Waals surface area contributed by atoms with Crippen molar-refractivity contribution in [2.24, 2.45) is 18.9 Å². The summed E-state index contributed by atoms with van der Waals surface area (Å²) in [4.78, 5) is 14.6. The van der Waals surface area contributed by atoms with Crippen LogP contribution in [0.15, 0.2) is 12.3 Å². The SMILES string of the molecule is Cn1cc(Cl)cc1C(=O)N1CC[C@@H]2CCCC[C@H]2C1. The molecule has 0 aromatic carbocycles. The van der Waals surface area contributed by atoms with Gasteiger partial charge in [-0.3, -0.25) is 4.79 Å². The van der Waals surface area contributed by atoms with Crippen molar-refractivity contribution in [2.45, 2.75) is 32.1 Å². The van der Waals surface area contributed by atoms with Crippen LogP contribution in [0.3, 0.4) is 0 Å². The van der Waals surface area contributed by atoms with Crippen LogP contribution in [0.2, 0.25) is 5.02 Å². The second-order valence-corrected chi connectivity index (χ2v) is 6.44. The van der Waals surface area contributed by atoms with Crippen molar-refractivity contribution in [3.8, 4) is 0 Å². The summed E-state index contributed by atoms with van der Waals surface area (Å²) in [5.74, 6) is 1.72. The van der Waals surface area contributed by atoms with Crippen molar-refractivity contribution in [2.75, 3.05) is 13.1 Å². The predicted octanol–water partition coefficient (Wildman–Crippen LogP) is 3.33. The van der Waals surface area contributed by atoms with Gasteiger partial charge >= 0.3 is 0 Å². The van der Waals surface area contributed by atoms with Gasteiger partial charge in [-0.15, -0.1) is 0 Å². The third-order valence-corrected chi connectivity index (χ3v) is 4.98. The molecule has 0 unspecified atom stereocenters. The van der Waals surface area contributed by atoms with E-state index in [1.165, 1.54) is 32.1 Å². The standard InChI is InChI=1S/C15H21ClN2O/c1-17-10-13(16)8-14(17)15(19)18-7-6-11-4-2-3-5-12(11)9-18/h8,10-12H,2-7,9H2,1H3/t11-,12-/m0/s1. The van der Waals surface area contributed by atoms with Gasteiger partial charge in [0.2, 0.25) is 0 Å². The fourth-order valence-electron chi connectivity index (χ4n) is 3.68. The molecule has 3 nitrogen and oxygen atoms in total. The summed E-state index contributed by atoms with van der Waals surface area (Å²) in [7, 11) is 1.88. The molecule has 2 heterocycles. The van der Waals surface area contributed by atoms with Crippen LogP contribution in [0.1, 0.15) is 42.6 Å². The molecule has 1 saturated heterocycles. The first-order valence-corrected chi connectivity index (χ1v) is 7.64. The van der Waals surface area contributed by atoms with Crippen LogP contribution >= 0.6 is 11.6 Å². The van der Waals surface area contributed by atoms with Crippen molar-refractivity contribution in [3.05, 3.63) is 23.0 Å². The lowest BCUT2D eigenvalue weighted by Gasteiger charge is -2.41. The maximum atomic E-state index is 12.6. The molecule has 0 bridgehead atoms. The van der Waals surface area contributed by atoms with Gasteiger partial charge in [0, 0.05) is 26.3 Å². The monoisotopic (exact) mass is 280 g/mol. The second-order valence-electron chi connectivity index (χ2n) is 6.00. The van der Waals surface area contributed by atoms with Gasteiger partial charge in [0.25, 0.3) is 5.91 Å². The molecule has 1 amide bonds. The molecule has 1 aliphatic heterocycles. The highest BCUT2D eigenvalue weighted by Gasteiger charge is 2.33. The van der Waals surface area contributed by atoms with Gasteiger partial charge in [0.15, 0.2) is 0 Å². The zero-order valence-electron chi connectivity index (χ0n) is 11.4. The zero-order chi connectivity index (χ0) is 13.4. The second kappa shape index (κ2) is 5.20. The van der Waals surface area contributed by atoms with Crippen LogP contribution < -0.4 is 0 Å². The lowest BCUT2D eigenvalue weighted by atomic mass is 9.75. The maximum absolute atomic E-state index is 12.6. The van der Waals surface area contributed by atoms with E-state index in [-0.39, 0.29) is 5.91 Å². The van der Waals surface area contributed by atoms with E-state index in [0.29, 0.717) is 10.7 Å². The van der Waals surface area contributed by atoms with Crippen LogP contribution in [0.5, 0.6) is 0 Å². The van der Waals surface area contributed by atoms with E-state index < -0.39 is 0 Å². The molecular weight excluding hydrogens is 260 g/mol. The van der Waals surface area contributed by atoms with Crippen LogP contribution in [0, 0.1) is 11.8 Å². The number of amides is 1. The number of hydrogen-bond acceptors (Lipinski definition) is 1. The molecule has 2 fully saturated rings. The van der Waals surface area contributed by atoms with E-state index in [1.54, 1.807) is 12.3 Å². The lowest BCUT2D eigenvalue weighted by molar-refractivity contribution is 0.0512. The molecular formula is C15H21ClN2O. The van der Waals surface area contributed by atoms with Gasteiger partial charge in [0.1, 0.15) is 5.69 Å². The Hall–Kier alpha value is -0.960. The number of rotatable bonds is 1. The third-order valence-electron chi connectivity index (χ3n) is 4.77. The number of carbonyl (C=O) groups is 1. The van der Waals surface area contributed by atoms with Gasteiger partial charge in [-0.2, -0.15) is 0 Å². The van der Waals surface area contributed by atoms with Crippen LogP contribution in [-0.4, -0.2) is 28.5 Å². The topological polar surface area (TPSA) is 25.2 Å². The van der Waals surface area contributed by atoms with E-state index in [2.05, 4.69) is 0 Å². The average molecular weight is 281 g/mol. The molecule has 2 aliphatic rings. The summed E-state index contributed by atoms with van der Waals surface area (Å²) in [6.07, 6.45) is 8.34. The molecule has 0 spiro atoms. The number of likely N-dealkylation sites (tertiary alicyclic amines) is 1. The molecule has 1 saturated carbocycles. The molecule has 1 aromatic rings. The molecule has 2 atom stereocenters. The molecule has 1 aliphatic carbocycles. The largest absolute Gasteiger partial charge is 0.345 e. The molecule has 3 rings (SSSR count). The van der Waals surface area contributed by atoms with Crippen molar-refractivity contribution in [1.29, 1.82) is 0 Å². The summed E-state index contributed by atoms with van der Waals surface area (Å²) in [6, 6.07) is 1.77. The normalized spacial score (nSPS) is 27.2. The first-order valence-electron chi connectivity index (χ1n) is 7.26. The third kappa shape index (κ3) is 2.53. The number of carbonyl (C=O) groups excluding carboxylic acids is 1. The molecule has 4 heteroatoms. The summed E-state index contributed by atoms with van der Waals surface area (Å²) >= 11 is 5.97. The minimum atomic E-state index is 0.137. The van der Waals surface area contributed by atoms with Gasteiger partial charge in [-0.25, -0.2) is 0 Å². The molecule has 1 aromatic heterocycles. The lowest BCUT2D eigenvalue weighted by Crippen LogP contribution is -2.45. The Labute approximate surface area is 119 Å². The van der Waals surface area contributed by atoms with E-state index in [0.717, 1.165) is 24.9 Å². The van der Waals surface area contributed by atoms with Gasteiger partial charge in [-0.05, 0) is 30.7 Å². The van der Waals surface area contributed by atoms with E-state index in [9.17, 15) is 4.79 Å². The van der Waals surface area contributed by atoms with E-state index >= 15 is 0 Å². The number of halogens is 1. The smallest absolute Gasteiger partial charge is 0.270 e. The summed E-state index contributed by atoms with van der Waals surface area (Å²) in [5, 5.41) is 0.637. The summed E-state index contributed by atoms with van der Waals surface area (Å²) in [6.45, 7) is 1.84. The van der Waals surface area contributed by atoms with Crippen molar-refractivity contribution in [3.63, 3.8) is 0 Å². The van der Waals surface area contributed by atoms with Gasteiger partial charge in [-0.1, -0.05) is 30.9 Å². The minimum Gasteiger partial charge on any atom is -0.345 e. The van der Waals surface area contributed by atoms with Gasteiger partial charge < -0.3 is 9.47 Å². The predicted molar refractivity (Wildman–Crippen MR) is 76.4 cm³/mol. The van der Waals surface area contributed by atoms with Crippen LogP contribution in [0.4, 0.5) is 0 Å². The Balaban J connectivity index is 1.72. The number of hydrogen-bond donors (Lipinski definition) is 0. The Bertz CT molecular complexity index is 482. The highest BCUT2D eigenvalue weighted by atomic mass is 35.5. The number of aryl methyl sites for hydroxylation is 1. The first kappa shape index (κ1) is 13.0. The maximum Gasteiger partial charge on any atom is 0.270 e. The molecule has 19 heavy (non-hydrogen) atoms. The minimum absolute atomic E-state index is 0.137. The fraction of sp³-hybridized carbons (Fsp3) is 0.667. The Morgan fingerprint density at radius 2 is 2.00 bits per heavy atom. The average Bonchev–Trinajstić information content (AvgIpc) is 2.76. The van der Waals surface area contributed by atoms with Gasteiger partial charge in [0.05, 0.1) is 5.02 Å². The molecule has 104 valence electrons. The number of aromatic nitrogens is 1. The number of piperidine rings is 1. The molecule has 0 radical (unpaired) electrons. The number of fused-ring (bicyclic) bond motifs is 1. The van der Waals surface area contributed by atoms with E-state index in [4.69, 9.17) is 11.6 Å². The zero-order valence-corrected chi connectivity index (χ0v) is 12.2. The van der Waals surface area contributed by atoms with Crippen LogP contribution in [-0.2, 0) is 7.05 Å². The highest BCUT2D eigenvalue weighted by molar-refractivity contribution is 6.31. The van der Waals surface area contributed by atoms with Crippen molar-refractivity contribution in [1.82, 2.24) is 9.47 Å².